The zero-order chi connectivity index (χ0) is 11.5. The highest BCUT2D eigenvalue weighted by Crippen LogP contribution is 2.14. The Kier molecular flexibility index (Phi) is 2.63. The van der Waals surface area contributed by atoms with E-state index in [1.165, 1.54) is 13.3 Å². The van der Waals surface area contributed by atoms with E-state index in [9.17, 15) is 4.79 Å². The van der Waals surface area contributed by atoms with E-state index in [1.54, 1.807) is 24.0 Å². The summed E-state index contributed by atoms with van der Waals surface area (Å²) in [5, 5.41) is 4.03. The molecular formula is C10H10N4O2. The normalized spacial score (nSPS) is 10.1. The lowest BCUT2D eigenvalue weighted by Crippen LogP contribution is -2.08. The van der Waals surface area contributed by atoms with Gasteiger partial charge in [-0.3, -0.25) is 4.68 Å². The Balaban J connectivity index is 2.44. The van der Waals surface area contributed by atoms with Gasteiger partial charge in [0.05, 0.1) is 18.5 Å². The van der Waals surface area contributed by atoms with Gasteiger partial charge in [-0.1, -0.05) is 0 Å². The summed E-state index contributed by atoms with van der Waals surface area (Å²) in [6.45, 7) is 0. The summed E-state index contributed by atoms with van der Waals surface area (Å²) < 4.78 is 6.22. The highest BCUT2D eigenvalue weighted by Gasteiger charge is 2.11. The minimum Gasteiger partial charge on any atom is -0.463 e. The van der Waals surface area contributed by atoms with E-state index in [0.717, 1.165) is 5.69 Å². The molecule has 16 heavy (non-hydrogen) atoms. The van der Waals surface area contributed by atoms with Gasteiger partial charge in [0.2, 0.25) is 5.82 Å². The third-order valence-electron chi connectivity index (χ3n) is 2.11. The fourth-order valence-corrected chi connectivity index (χ4v) is 1.32. The third-order valence-corrected chi connectivity index (χ3v) is 2.11. The minimum atomic E-state index is -0.552. The molecule has 0 aliphatic heterocycles. The largest absolute Gasteiger partial charge is 0.463 e. The van der Waals surface area contributed by atoms with Gasteiger partial charge in [0.25, 0.3) is 0 Å². The molecule has 0 radical (unpaired) electrons. The first-order valence-corrected chi connectivity index (χ1v) is 4.62. The lowest BCUT2D eigenvalue weighted by molar-refractivity contribution is 0.0587. The Morgan fingerprint density at radius 3 is 2.81 bits per heavy atom. The number of rotatable bonds is 2. The summed E-state index contributed by atoms with van der Waals surface area (Å²) in [4.78, 5) is 19.2. The molecule has 0 aromatic carbocycles. The van der Waals surface area contributed by atoms with E-state index in [2.05, 4.69) is 19.8 Å². The van der Waals surface area contributed by atoms with Crippen LogP contribution < -0.4 is 0 Å². The van der Waals surface area contributed by atoms with Gasteiger partial charge in [0, 0.05) is 19.4 Å². The van der Waals surface area contributed by atoms with E-state index in [1.807, 2.05) is 6.07 Å². The number of hydrogen-bond acceptors (Lipinski definition) is 5. The van der Waals surface area contributed by atoms with Crippen molar-refractivity contribution in [2.24, 2.45) is 7.05 Å². The Hall–Kier alpha value is -2.24. The van der Waals surface area contributed by atoms with Crippen molar-refractivity contribution in [3.63, 3.8) is 0 Å². The van der Waals surface area contributed by atoms with Crippen LogP contribution in [0.1, 0.15) is 10.6 Å². The van der Waals surface area contributed by atoms with E-state index in [0.29, 0.717) is 5.69 Å². The van der Waals surface area contributed by atoms with E-state index < -0.39 is 5.97 Å². The summed E-state index contributed by atoms with van der Waals surface area (Å²) >= 11 is 0. The van der Waals surface area contributed by atoms with Gasteiger partial charge in [-0.05, 0) is 12.1 Å². The van der Waals surface area contributed by atoms with Gasteiger partial charge in [0.15, 0.2) is 0 Å². The smallest absolute Gasteiger partial charge is 0.376 e. The molecule has 0 amide bonds. The topological polar surface area (TPSA) is 69.9 Å². The van der Waals surface area contributed by atoms with Gasteiger partial charge in [0.1, 0.15) is 0 Å². The lowest BCUT2D eigenvalue weighted by atomic mass is 10.3. The first-order chi connectivity index (χ1) is 7.72. The molecule has 0 aliphatic carbocycles. The second-order valence-electron chi connectivity index (χ2n) is 3.10. The van der Waals surface area contributed by atoms with Crippen LogP contribution in [0.25, 0.3) is 11.4 Å². The third kappa shape index (κ3) is 1.77. The van der Waals surface area contributed by atoms with Crippen molar-refractivity contribution in [3.05, 3.63) is 30.4 Å². The van der Waals surface area contributed by atoms with Gasteiger partial charge in [-0.15, -0.1) is 0 Å². The molecule has 6 heteroatoms. The van der Waals surface area contributed by atoms with Crippen LogP contribution >= 0.6 is 0 Å². The molecule has 0 atom stereocenters. The number of aryl methyl sites for hydroxylation is 1. The molecule has 0 bridgehead atoms. The lowest BCUT2D eigenvalue weighted by Gasteiger charge is -2.02. The molecule has 2 rings (SSSR count). The van der Waals surface area contributed by atoms with Crippen LogP contribution in [0, 0.1) is 0 Å². The molecule has 0 unspecified atom stereocenters. The van der Waals surface area contributed by atoms with Crippen molar-refractivity contribution in [1.29, 1.82) is 0 Å². The van der Waals surface area contributed by atoms with Gasteiger partial charge in [-0.2, -0.15) is 5.10 Å². The van der Waals surface area contributed by atoms with Crippen molar-refractivity contribution in [3.8, 4) is 11.4 Å². The molecule has 0 fully saturated rings. The van der Waals surface area contributed by atoms with E-state index >= 15 is 0 Å². The molecule has 2 aromatic rings. The zero-order valence-corrected chi connectivity index (χ0v) is 8.91. The van der Waals surface area contributed by atoms with Crippen LogP contribution in [0.15, 0.2) is 24.5 Å². The van der Waals surface area contributed by atoms with Crippen molar-refractivity contribution in [2.45, 2.75) is 0 Å². The van der Waals surface area contributed by atoms with Gasteiger partial charge < -0.3 is 4.74 Å². The number of ether oxygens (including phenoxy) is 1. The Bertz CT molecular complexity index is 521. The maximum atomic E-state index is 11.3. The molecule has 0 spiro atoms. The summed E-state index contributed by atoms with van der Waals surface area (Å²) in [6.07, 6.45) is 3.18. The van der Waals surface area contributed by atoms with Crippen LogP contribution in [0.2, 0.25) is 0 Å². The Morgan fingerprint density at radius 2 is 2.19 bits per heavy atom. The number of nitrogens with zero attached hydrogens (tertiary/aromatic N) is 4. The predicted molar refractivity (Wildman–Crippen MR) is 55.6 cm³/mol. The second kappa shape index (κ2) is 4.09. The van der Waals surface area contributed by atoms with Crippen molar-refractivity contribution in [2.75, 3.05) is 7.11 Å². The summed E-state index contributed by atoms with van der Waals surface area (Å²) in [7, 11) is 3.09. The van der Waals surface area contributed by atoms with Gasteiger partial charge in [-0.25, -0.2) is 14.8 Å². The summed E-state index contributed by atoms with van der Waals surface area (Å²) in [5.41, 5.74) is 1.45. The molecule has 6 nitrogen and oxygen atoms in total. The molecule has 0 aliphatic rings. The standard InChI is InChI=1S/C10H10N4O2/c1-14-8(4-6-12-14)7-3-5-11-9(13-7)10(15)16-2/h3-6H,1-2H3. The fraction of sp³-hybridized carbons (Fsp3) is 0.200. The maximum Gasteiger partial charge on any atom is 0.376 e. The first-order valence-electron chi connectivity index (χ1n) is 4.62. The van der Waals surface area contributed by atoms with Gasteiger partial charge >= 0.3 is 5.97 Å². The molecule has 0 saturated carbocycles. The van der Waals surface area contributed by atoms with Crippen LogP contribution in [0.3, 0.4) is 0 Å². The fourth-order valence-electron chi connectivity index (χ4n) is 1.32. The van der Waals surface area contributed by atoms with Crippen molar-refractivity contribution >= 4 is 5.97 Å². The van der Waals surface area contributed by atoms with Crippen LogP contribution in [0.5, 0.6) is 0 Å². The molecule has 82 valence electrons. The average molecular weight is 218 g/mol. The highest BCUT2D eigenvalue weighted by molar-refractivity contribution is 5.85. The summed E-state index contributed by atoms with van der Waals surface area (Å²) in [5.74, 6) is -0.509. The Labute approximate surface area is 91.9 Å². The molecular weight excluding hydrogens is 208 g/mol. The van der Waals surface area contributed by atoms with Crippen LogP contribution in [0.4, 0.5) is 0 Å². The predicted octanol–water partition coefficient (Wildman–Crippen LogP) is 0.664. The van der Waals surface area contributed by atoms with Crippen LogP contribution in [-0.2, 0) is 11.8 Å². The quantitative estimate of drug-likeness (QED) is 0.692. The van der Waals surface area contributed by atoms with E-state index in [4.69, 9.17) is 0 Å². The minimum absolute atomic E-state index is 0.0428. The number of aromatic nitrogens is 4. The molecule has 2 heterocycles. The number of carbonyl (C=O) groups excluding carboxylic acids is 1. The molecule has 2 aromatic heterocycles. The monoisotopic (exact) mass is 218 g/mol. The number of hydrogen-bond donors (Lipinski definition) is 0. The highest BCUT2D eigenvalue weighted by atomic mass is 16.5. The number of esters is 1. The number of methoxy groups -OCH3 is 1. The molecule has 0 N–H and O–H groups in total. The van der Waals surface area contributed by atoms with E-state index in [-0.39, 0.29) is 5.82 Å². The maximum absolute atomic E-state index is 11.3. The van der Waals surface area contributed by atoms with Crippen LogP contribution in [-0.4, -0.2) is 32.8 Å². The van der Waals surface area contributed by atoms with Crippen molar-refractivity contribution in [1.82, 2.24) is 19.7 Å². The zero-order valence-electron chi connectivity index (χ0n) is 8.91. The SMILES string of the molecule is COC(=O)c1nccc(-c2ccnn2C)n1. The second-order valence-corrected chi connectivity index (χ2v) is 3.10. The average Bonchev–Trinajstić information content (AvgIpc) is 2.74. The van der Waals surface area contributed by atoms with Crippen molar-refractivity contribution < 1.29 is 9.53 Å². The number of carbonyl (C=O) groups is 1. The molecule has 0 saturated heterocycles. The summed E-state index contributed by atoms with van der Waals surface area (Å²) in [6, 6.07) is 3.52. The Morgan fingerprint density at radius 1 is 1.38 bits per heavy atom. The first kappa shape index (κ1) is 10.3.